The van der Waals surface area contributed by atoms with Gasteiger partial charge in [-0.05, 0) is 42.5 Å². The van der Waals surface area contributed by atoms with Gasteiger partial charge in [-0.1, -0.05) is 0 Å². The fourth-order valence-corrected chi connectivity index (χ4v) is 2.29. The molecule has 106 valence electrons. The topological polar surface area (TPSA) is 82.4 Å². The number of fused-ring (bicyclic) bond motifs is 1. The van der Waals surface area contributed by atoms with Gasteiger partial charge in [-0.15, -0.1) is 0 Å². The predicted octanol–water partition coefficient (Wildman–Crippen LogP) is 2.73. The number of rotatable bonds is 2. The van der Waals surface area contributed by atoms with Crippen molar-refractivity contribution in [2.75, 3.05) is 17.7 Å². The van der Waals surface area contributed by atoms with Crippen LogP contribution in [0.15, 0.2) is 48.7 Å². The van der Waals surface area contributed by atoms with E-state index in [2.05, 4.69) is 4.98 Å². The predicted molar refractivity (Wildman–Crippen MR) is 83.6 cm³/mol. The third kappa shape index (κ3) is 2.29. The van der Waals surface area contributed by atoms with Gasteiger partial charge in [0, 0.05) is 35.5 Å². The number of nitrogens with zero attached hydrogens (tertiary/aromatic N) is 1. The number of carbonyl (C=O) groups excluding carboxylic acids is 1. The highest BCUT2D eigenvalue weighted by molar-refractivity contribution is 6.14. The zero-order valence-corrected chi connectivity index (χ0v) is 11.5. The first-order valence-electron chi connectivity index (χ1n) is 6.50. The molecule has 5 heteroatoms. The molecule has 3 rings (SSSR count). The Morgan fingerprint density at radius 3 is 2.62 bits per heavy atom. The van der Waals surface area contributed by atoms with E-state index in [4.69, 9.17) is 5.73 Å². The summed E-state index contributed by atoms with van der Waals surface area (Å²) in [5.41, 5.74) is 8.54. The average molecular weight is 281 g/mol. The zero-order valence-electron chi connectivity index (χ0n) is 11.5. The number of aromatic nitrogens is 1. The maximum absolute atomic E-state index is 12.6. The highest BCUT2D eigenvalue weighted by Gasteiger charge is 2.17. The van der Waals surface area contributed by atoms with E-state index in [0.29, 0.717) is 16.9 Å². The lowest BCUT2D eigenvalue weighted by molar-refractivity contribution is 0.0994. The van der Waals surface area contributed by atoms with Crippen LogP contribution in [-0.4, -0.2) is 23.0 Å². The first-order chi connectivity index (χ1) is 10.1. The second kappa shape index (κ2) is 4.86. The van der Waals surface area contributed by atoms with Gasteiger partial charge in [-0.2, -0.15) is 0 Å². The number of aromatic hydroxyl groups is 1. The van der Waals surface area contributed by atoms with E-state index in [1.165, 1.54) is 4.90 Å². The summed E-state index contributed by atoms with van der Waals surface area (Å²) < 4.78 is 0. The van der Waals surface area contributed by atoms with E-state index in [-0.39, 0.29) is 11.7 Å². The first-order valence-corrected chi connectivity index (χ1v) is 6.50. The number of H-pyrrole nitrogens is 1. The summed E-state index contributed by atoms with van der Waals surface area (Å²) in [6, 6.07) is 11.9. The Balaban J connectivity index is 2.00. The minimum absolute atomic E-state index is 0.141. The van der Waals surface area contributed by atoms with Gasteiger partial charge >= 0.3 is 0 Å². The van der Waals surface area contributed by atoms with Crippen LogP contribution in [0.25, 0.3) is 10.9 Å². The molecule has 0 saturated carbocycles. The van der Waals surface area contributed by atoms with Crippen LogP contribution in [0, 0.1) is 0 Å². The molecule has 0 radical (unpaired) electrons. The molecule has 1 amide bonds. The molecular formula is C16H15N3O2. The highest BCUT2D eigenvalue weighted by Crippen LogP contribution is 2.24. The number of aromatic amines is 1. The number of hydrogen-bond donors (Lipinski definition) is 3. The Hall–Kier alpha value is -2.95. The standard InChI is InChI=1S/C16H15N3O2/c1-19(11-3-5-12(20)6-4-11)16(21)14-9-18-15-7-2-10(17)8-13(14)15/h2-9,18,20H,17H2,1H3. The molecule has 1 aromatic heterocycles. The second-order valence-corrected chi connectivity index (χ2v) is 4.89. The summed E-state index contributed by atoms with van der Waals surface area (Å²) in [7, 11) is 1.69. The fourth-order valence-electron chi connectivity index (χ4n) is 2.29. The maximum Gasteiger partial charge on any atom is 0.260 e. The van der Waals surface area contributed by atoms with E-state index in [0.717, 1.165) is 10.9 Å². The molecule has 0 spiro atoms. The molecule has 0 aliphatic carbocycles. The van der Waals surface area contributed by atoms with E-state index in [9.17, 15) is 9.90 Å². The molecule has 4 N–H and O–H groups in total. The van der Waals surface area contributed by atoms with Gasteiger partial charge < -0.3 is 20.7 Å². The number of amides is 1. The number of nitrogen functional groups attached to an aromatic ring is 1. The van der Waals surface area contributed by atoms with E-state index >= 15 is 0 Å². The number of carbonyl (C=O) groups is 1. The van der Waals surface area contributed by atoms with Crippen LogP contribution in [0.4, 0.5) is 11.4 Å². The molecule has 0 fully saturated rings. The number of phenols is 1. The zero-order chi connectivity index (χ0) is 15.0. The molecule has 0 aliphatic rings. The summed E-state index contributed by atoms with van der Waals surface area (Å²) in [4.78, 5) is 17.2. The smallest absolute Gasteiger partial charge is 0.260 e. The van der Waals surface area contributed by atoms with Crippen molar-refractivity contribution in [3.05, 3.63) is 54.2 Å². The third-order valence-corrected chi connectivity index (χ3v) is 3.48. The largest absolute Gasteiger partial charge is 0.508 e. The van der Waals surface area contributed by atoms with Gasteiger partial charge in [0.05, 0.1) is 5.56 Å². The number of anilines is 2. The fraction of sp³-hybridized carbons (Fsp3) is 0.0625. The van der Waals surface area contributed by atoms with Gasteiger partial charge in [-0.25, -0.2) is 0 Å². The Morgan fingerprint density at radius 2 is 1.90 bits per heavy atom. The summed E-state index contributed by atoms with van der Waals surface area (Å²) in [5, 5.41) is 10.1. The number of phenolic OH excluding ortho intramolecular Hbond substituents is 1. The van der Waals surface area contributed by atoms with Crippen molar-refractivity contribution in [2.45, 2.75) is 0 Å². The number of benzene rings is 2. The lowest BCUT2D eigenvalue weighted by Gasteiger charge is -2.17. The van der Waals surface area contributed by atoms with Crippen LogP contribution in [0.1, 0.15) is 10.4 Å². The second-order valence-electron chi connectivity index (χ2n) is 4.89. The number of hydrogen-bond acceptors (Lipinski definition) is 3. The average Bonchev–Trinajstić information content (AvgIpc) is 2.89. The van der Waals surface area contributed by atoms with Gasteiger partial charge in [0.2, 0.25) is 0 Å². The maximum atomic E-state index is 12.6. The van der Waals surface area contributed by atoms with E-state index < -0.39 is 0 Å². The normalized spacial score (nSPS) is 10.7. The van der Waals surface area contributed by atoms with Gasteiger partial charge in [0.15, 0.2) is 0 Å². The molecule has 0 atom stereocenters. The van der Waals surface area contributed by atoms with Crippen LogP contribution >= 0.6 is 0 Å². The lowest BCUT2D eigenvalue weighted by atomic mass is 10.1. The van der Waals surface area contributed by atoms with Gasteiger partial charge in [0.1, 0.15) is 5.75 Å². The van der Waals surface area contributed by atoms with Crippen molar-refractivity contribution in [3.63, 3.8) is 0 Å². The van der Waals surface area contributed by atoms with Crippen LogP contribution in [0.3, 0.4) is 0 Å². The Labute approximate surface area is 121 Å². The van der Waals surface area contributed by atoms with Crippen molar-refractivity contribution in [3.8, 4) is 5.75 Å². The number of nitrogens with two attached hydrogens (primary N) is 1. The van der Waals surface area contributed by atoms with Crippen LogP contribution < -0.4 is 10.6 Å². The molecule has 5 nitrogen and oxygen atoms in total. The summed E-state index contributed by atoms with van der Waals surface area (Å²) in [5.74, 6) is 0.0250. The minimum Gasteiger partial charge on any atom is -0.508 e. The molecule has 3 aromatic rings. The van der Waals surface area contributed by atoms with Crippen molar-refractivity contribution >= 4 is 28.2 Å². The van der Waals surface area contributed by atoms with E-state index in [1.54, 1.807) is 49.6 Å². The minimum atomic E-state index is -0.141. The Morgan fingerprint density at radius 1 is 1.19 bits per heavy atom. The molecule has 0 saturated heterocycles. The third-order valence-electron chi connectivity index (χ3n) is 3.48. The van der Waals surface area contributed by atoms with Crippen molar-refractivity contribution in [2.24, 2.45) is 0 Å². The molecule has 0 unspecified atom stereocenters. The first kappa shape index (κ1) is 13.1. The van der Waals surface area contributed by atoms with Crippen molar-refractivity contribution in [1.29, 1.82) is 0 Å². The molecule has 0 aliphatic heterocycles. The SMILES string of the molecule is CN(C(=O)c1c[nH]c2ccc(N)cc12)c1ccc(O)cc1. The molecule has 0 bridgehead atoms. The van der Waals surface area contributed by atoms with Crippen molar-refractivity contribution in [1.82, 2.24) is 4.98 Å². The summed E-state index contributed by atoms with van der Waals surface area (Å²) in [6.45, 7) is 0. The quantitative estimate of drug-likeness (QED) is 0.632. The van der Waals surface area contributed by atoms with Gasteiger partial charge in [0.25, 0.3) is 5.91 Å². The summed E-state index contributed by atoms with van der Waals surface area (Å²) in [6.07, 6.45) is 1.68. The molecule has 21 heavy (non-hydrogen) atoms. The lowest BCUT2D eigenvalue weighted by Crippen LogP contribution is -2.25. The van der Waals surface area contributed by atoms with Gasteiger partial charge in [-0.3, -0.25) is 4.79 Å². The Kier molecular flexibility index (Phi) is 3.02. The number of nitrogens with one attached hydrogen (secondary N) is 1. The van der Waals surface area contributed by atoms with Crippen LogP contribution in [0.5, 0.6) is 5.75 Å². The monoisotopic (exact) mass is 281 g/mol. The molecule has 1 heterocycles. The highest BCUT2D eigenvalue weighted by atomic mass is 16.3. The Bertz CT molecular complexity index is 806. The van der Waals surface area contributed by atoms with Crippen LogP contribution in [-0.2, 0) is 0 Å². The van der Waals surface area contributed by atoms with Crippen molar-refractivity contribution < 1.29 is 9.90 Å². The van der Waals surface area contributed by atoms with E-state index in [1.807, 2.05) is 6.07 Å². The summed E-state index contributed by atoms with van der Waals surface area (Å²) >= 11 is 0. The molecule has 2 aromatic carbocycles. The van der Waals surface area contributed by atoms with Crippen LogP contribution in [0.2, 0.25) is 0 Å². The molecular weight excluding hydrogens is 266 g/mol.